The van der Waals surface area contributed by atoms with Crippen LogP contribution in [0.2, 0.25) is 0 Å². The zero-order chi connectivity index (χ0) is 18.9. The Bertz CT molecular complexity index is 724. The van der Waals surface area contributed by atoms with Crippen molar-refractivity contribution in [3.8, 4) is 11.5 Å². The van der Waals surface area contributed by atoms with Gasteiger partial charge in [0.05, 0.1) is 20.8 Å². The van der Waals surface area contributed by atoms with Gasteiger partial charge in [0.15, 0.2) is 5.96 Å². The molecule has 7 heteroatoms. The van der Waals surface area contributed by atoms with E-state index < -0.39 is 0 Å². The average Bonchev–Trinajstić information content (AvgIpc) is 3.08. The topological polar surface area (TPSA) is 72.7 Å². The van der Waals surface area contributed by atoms with Gasteiger partial charge in [-0.2, -0.15) is 0 Å². The first kappa shape index (κ1) is 19.6. The van der Waals surface area contributed by atoms with Crippen LogP contribution in [0.1, 0.15) is 25.2 Å². The maximum absolute atomic E-state index is 5.43. The van der Waals surface area contributed by atoms with E-state index >= 15 is 0 Å². The van der Waals surface area contributed by atoms with Crippen LogP contribution in [0, 0.1) is 5.92 Å². The number of methoxy groups -OCH3 is 2. The molecule has 0 spiro atoms. The van der Waals surface area contributed by atoms with Crippen molar-refractivity contribution in [2.24, 2.45) is 10.9 Å². The number of hydrogen-bond acceptors (Lipinski definition) is 4. The predicted octanol–water partition coefficient (Wildman–Crippen LogP) is 2.42. The summed E-state index contributed by atoms with van der Waals surface area (Å²) in [5.41, 5.74) is 1.03. The Balaban J connectivity index is 1.94. The molecule has 7 nitrogen and oxygen atoms in total. The molecule has 0 radical (unpaired) electrons. The van der Waals surface area contributed by atoms with Gasteiger partial charge in [0.25, 0.3) is 0 Å². The Morgan fingerprint density at radius 3 is 2.62 bits per heavy atom. The summed E-state index contributed by atoms with van der Waals surface area (Å²) in [5.74, 6) is 3.82. The molecule has 2 rings (SSSR count). The van der Waals surface area contributed by atoms with Crippen molar-refractivity contribution < 1.29 is 9.47 Å². The molecule has 0 unspecified atom stereocenters. The van der Waals surface area contributed by atoms with Crippen molar-refractivity contribution in [2.45, 2.75) is 33.5 Å². The highest BCUT2D eigenvalue weighted by Gasteiger charge is 2.08. The lowest BCUT2D eigenvalue weighted by atomic mass is 10.2. The van der Waals surface area contributed by atoms with Crippen LogP contribution >= 0.6 is 0 Å². The normalized spacial score (nSPS) is 11.5. The van der Waals surface area contributed by atoms with Crippen molar-refractivity contribution in [3.05, 3.63) is 42.0 Å². The van der Waals surface area contributed by atoms with E-state index in [1.807, 2.05) is 30.6 Å². The molecule has 2 N–H and O–H groups in total. The first-order valence-electron chi connectivity index (χ1n) is 8.72. The standard InChI is InChI=1S/C19H29N5O2/c1-14(2)13-24-9-8-21-18(24)12-23-19(20-3)22-11-15-6-7-16(25-4)10-17(15)26-5/h6-10,14H,11-13H2,1-5H3,(H2,20,22,23). The van der Waals surface area contributed by atoms with E-state index in [-0.39, 0.29) is 0 Å². The number of imidazole rings is 1. The van der Waals surface area contributed by atoms with Crippen LogP contribution in [0.5, 0.6) is 11.5 Å². The van der Waals surface area contributed by atoms with Gasteiger partial charge in [-0.3, -0.25) is 4.99 Å². The summed E-state index contributed by atoms with van der Waals surface area (Å²) in [6.45, 7) is 6.54. The molecule has 0 saturated heterocycles. The Morgan fingerprint density at radius 1 is 1.19 bits per heavy atom. The number of benzene rings is 1. The summed E-state index contributed by atoms with van der Waals surface area (Å²) in [6.07, 6.45) is 3.84. The number of rotatable bonds is 8. The van der Waals surface area contributed by atoms with Crippen molar-refractivity contribution in [1.29, 1.82) is 0 Å². The first-order chi connectivity index (χ1) is 12.6. The Labute approximate surface area is 155 Å². The Kier molecular flexibility index (Phi) is 7.32. The lowest BCUT2D eigenvalue weighted by Crippen LogP contribution is -2.37. The smallest absolute Gasteiger partial charge is 0.191 e. The monoisotopic (exact) mass is 359 g/mol. The third kappa shape index (κ3) is 5.40. The van der Waals surface area contributed by atoms with Gasteiger partial charge in [-0.05, 0) is 18.1 Å². The summed E-state index contributed by atoms with van der Waals surface area (Å²) < 4.78 is 12.8. The number of hydrogen-bond donors (Lipinski definition) is 2. The minimum Gasteiger partial charge on any atom is -0.497 e. The second-order valence-corrected chi connectivity index (χ2v) is 6.35. The Hall–Kier alpha value is -2.70. The van der Waals surface area contributed by atoms with Crippen LogP contribution < -0.4 is 20.1 Å². The quantitative estimate of drug-likeness (QED) is 0.559. The van der Waals surface area contributed by atoms with Crippen molar-refractivity contribution in [2.75, 3.05) is 21.3 Å². The maximum Gasteiger partial charge on any atom is 0.191 e. The van der Waals surface area contributed by atoms with Gasteiger partial charge in [-0.15, -0.1) is 0 Å². The number of nitrogens with one attached hydrogen (secondary N) is 2. The van der Waals surface area contributed by atoms with Crippen LogP contribution in [0.3, 0.4) is 0 Å². The van der Waals surface area contributed by atoms with E-state index in [0.29, 0.717) is 25.0 Å². The van der Waals surface area contributed by atoms with E-state index in [1.165, 1.54) is 0 Å². The van der Waals surface area contributed by atoms with Crippen LogP contribution in [0.25, 0.3) is 0 Å². The van der Waals surface area contributed by atoms with Gasteiger partial charge in [0, 0.05) is 44.2 Å². The fourth-order valence-corrected chi connectivity index (χ4v) is 2.63. The SMILES string of the molecule is CN=C(NCc1ccc(OC)cc1OC)NCc1nccn1CC(C)C. The Morgan fingerprint density at radius 2 is 1.96 bits per heavy atom. The largest absolute Gasteiger partial charge is 0.497 e. The third-order valence-corrected chi connectivity index (χ3v) is 3.94. The second kappa shape index (κ2) is 9.70. The van der Waals surface area contributed by atoms with E-state index in [0.717, 1.165) is 29.4 Å². The molecule has 0 bridgehead atoms. The van der Waals surface area contributed by atoms with Crippen LogP contribution in [-0.4, -0.2) is 36.8 Å². The zero-order valence-electron chi connectivity index (χ0n) is 16.2. The number of aromatic nitrogens is 2. The van der Waals surface area contributed by atoms with Gasteiger partial charge >= 0.3 is 0 Å². The number of nitrogens with zero attached hydrogens (tertiary/aromatic N) is 3. The average molecular weight is 359 g/mol. The molecule has 2 aromatic rings. The highest BCUT2D eigenvalue weighted by atomic mass is 16.5. The maximum atomic E-state index is 5.43. The van der Waals surface area contributed by atoms with Gasteiger partial charge in [-0.1, -0.05) is 13.8 Å². The molecule has 26 heavy (non-hydrogen) atoms. The van der Waals surface area contributed by atoms with Crippen molar-refractivity contribution in [3.63, 3.8) is 0 Å². The molecule has 0 aliphatic carbocycles. The molecule has 1 aromatic carbocycles. The highest BCUT2D eigenvalue weighted by Crippen LogP contribution is 2.24. The van der Waals surface area contributed by atoms with E-state index in [9.17, 15) is 0 Å². The molecule has 142 valence electrons. The molecule has 0 fully saturated rings. The van der Waals surface area contributed by atoms with Gasteiger partial charge in [0.1, 0.15) is 17.3 Å². The molecule has 0 atom stereocenters. The van der Waals surface area contributed by atoms with E-state index in [4.69, 9.17) is 9.47 Å². The fraction of sp³-hybridized carbons (Fsp3) is 0.474. The lowest BCUT2D eigenvalue weighted by Gasteiger charge is -2.15. The van der Waals surface area contributed by atoms with Gasteiger partial charge < -0.3 is 24.7 Å². The predicted molar refractivity (Wildman–Crippen MR) is 104 cm³/mol. The summed E-state index contributed by atoms with van der Waals surface area (Å²) in [5, 5.41) is 6.61. The third-order valence-electron chi connectivity index (χ3n) is 3.94. The number of ether oxygens (including phenoxy) is 2. The van der Waals surface area contributed by atoms with Gasteiger partial charge in [0.2, 0.25) is 0 Å². The van der Waals surface area contributed by atoms with Crippen LogP contribution in [0.15, 0.2) is 35.6 Å². The van der Waals surface area contributed by atoms with Crippen molar-refractivity contribution >= 4 is 5.96 Å². The minimum absolute atomic E-state index is 0.572. The first-order valence-corrected chi connectivity index (χ1v) is 8.72. The molecule has 0 aliphatic heterocycles. The van der Waals surface area contributed by atoms with Gasteiger partial charge in [-0.25, -0.2) is 4.98 Å². The zero-order valence-corrected chi connectivity index (χ0v) is 16.2. The van der Waals surface area contributed by atoms with Crippen LogP contribution in [-0.2, 0) is 19.6 Å². The molecule has 0 saturated carbocycles. The van der Waals surface area contributed by atoms with Crippen molar-refractivity contribution in [1.82, 2.24) is 20.2 Å². The van der Waals surface area contributed by atoms with E-state index in [1.54, 1.807) is 21.3 Å². The molecule has 0 amide bonds. The van der Waals surface area contributed by atoms with Crippen LogP contribution in [0.4, 0.5) is 0 Å². The molecule has 1 heterocycles. The summed E-state index contributed by atoms with van der Waals surface area (Å²) in [6, 6.07) is 5.77. The summed E-state index contributed by atoms with van der Waals surface area (Å²) in [7, 11) is 5.04. The molecular weight excluding hydrogens is 330 g/mol. The lowest BCUT2D eigenvalue weighted by molar-refractivity contribution is 0.390. The summed E-state index contributed by atoms with van der Waals surface area (Å²) >= 11 is 0. The van der Waals surface area contributed by atoms with E-state index in [2.05, 4.69) is 39.0 Å². The number of aliphatic imine (C=N–C) groups is 1. The summed E-state index contributed by atoms with van der Waals surface area (Å²) in [4.78, 5) is 8.70. The number of guanidine groups is 1. The molecular formula is C19H29N5O2. The molecule has 0 aliphatic rings. The highest BCUT2D eigenvalue weighted by molar-refractivity contribution is 5.79. The second-order valence-electron chi connectivity index (χ2n) is 6.35. The molecule has 1 aromatic heterocycles. The minimum atomic E-state index is 0.572. The fourth-order valence-electron chi connectivity index (χ4n) is 2.63.